The van der Waals surface area contributed by atoms with Crippen LogP contribution in [0.25, 0.3) is 153 Å². The zero-order valence-corrected chi connectivity index (χ0v) is 66.2. The molecule has 10 heteroatoms. The summed E-state index contributed by atoms with van der Waals surface area (Å²) < 4.78 is 35.1. The number of halogens is 2. The Morgan fingerprint density at radius 3 is 0.912 bits per heavy atom. The first-order valence-corrected chi connectivity index (χ1v) is 40.2. The molecule has 0 unspecified atom stereocenters. The van der Waals surface area contributed by atoms with Crippen LogP contribution < -0.4 is 15.1 Å². The second-order valence-corrected chi connectivity index (χ2v) is 31.9. The predicted molar refractivity (Wildman–Crippen MR) is 482 cm³/mol. The van der Waals surface area contributed by atoms with Crippen LogP contribution in [0.3, 0.4) is 0 Å². The number of hydrogen-bond donors (Lipinski definition) is 1. The summed E-state index contributed by atoms with van der Waals surface area (Å²) in [7, 11) is 0. The smallest absolute Gasteiger partial charge is 0.159 e. The fourth-order valence-electron chi connectivity index (χ4n) is 16.8. The van der Waals surface area contributed by atoms with E-state index >= 15 is 0 Å². The highest BCUT2D eigenvalue weighted by atomic mass is 79.9. The number of anilines is 8. The van der Waals surface area contributed by atoms with Crippen molar-refractivity contribution in [2.24, 2.45) is 0 Å². The van der Waals surface area contributed by atoms with Gasteiger partial charge in [-0.1, -0.05) is 298 Å². The molecule has 5 aromatic heterocycles. The maximum Gasteiger partial charge on any atom is 0.159 e. The molecule has 0 amide bonds. The van der Waals surface area contributed by atoms with Crippen molar-refractivity contribution < 1.29 is 22.1 Å². The van der Waals surface area contributed by atoms with Crippen LogP contribution >= 0.6 is 31.9 Å². The number of rotatable bonds is 11. The molecule has 0 spiro atoms. The SMILES string of the molecule is Brc1cc2oc3cc(Br)c4ccccc4c3c2c2ccccc12.CC(C)c1ccc(N(c2cc3oc4cc(N(c5ccc(C(C)C)cc5)c5cccc6c5oc5ccccc56)c5ccccc5c4c3c3ccccc23)c2cccc3c2oc2ccccc23)cc1.CC(C)c1ccc(Nc2cccc3c2oc2ccccc23)cc1. The van der Waals surface area contributed by atoms with Crippen LogP contribution in [0, 0.1) is 0 Å². The van der Waals surface area contributed by atoms with Crippen molar-refractivity contribution in [3.05, 3.63) is 347 Å². The first kappa shape index (κ1) is 69.3. The Morgan fingerprint density at radius 2 is 0.531 bits per heavy atom. The molecule has 0 aliphatic carbocycles. The normalized spacial score (nSPS) is 12.0. The van der Waals surface area contributed by atoms with Gasteiger partial charge in [0, 0.05) is 103 Å². The van der Waals surface area contributed by atoms with Gasteiger partial charge in [-0.05, 0) is 152 Å². The molecule has 17 aromatic carbocycles. The molecule has 0 fully saturated rings. The van der Waals surface area contributed by atoms with E-state index in [0.29, 0.717) is 17.8 Å². The van der Waals surface area contributed by atoms with Crippen molar-refractivity contribution in [1.82, 2.24) is 0 Å². The van der Waals surface area contributed by atoms with Crippen LogP contribution in [-0.2, 0) is 0 Å². The molecule has 22 rings (SSSR count). The molecule has 0 aliphatic heterocycles. The molecule has 546 valence electrons. The third kappa shape index (κ3) is 11.9. The van der Waals surface area contributed by atoms with Gasteiger partial charge in [-0.3, -0.25) is 0 Å². The Morgan fingerprint density at radius 1 is 0.239 bits per heavy atom. The topological polar surface area (TPSA) is 84.2 Å². The molecule has 1 N–H and O–H groups in total. The fourth-order valence-corrected chi connectivity index (χ4v) is 17.9. The molecule has 113 heavy (non-hydrogen) atoms. The first-order chi connectivity index (χ1) is 55.3. The second kappa shape index (κ2) is 28.2. The van der Waals surface area contributed by atoms with Gasteiger partial charge in [0.2, 0.25) is 0 Å². The molecular weight excluding hydrogens is 1520 g/mol. The lowest BCUT2D eigenvalue weighted by Crippen LogP contribution is -2.11. The van der Waals surface area contributed by atoms with Crippen LogP contribution in [0.5, 0.6) is 0 Å². The zero-order chi connectivity index (χ0) is 76.3. The van der Waals surface area contributed by atoms with Crippen molar-refractivity contribution >= 4 is 230 Å². The van der Waals surface area contributed by atoms with Gasteiger partial charge < -0.3 is 37.2 Å². The minimum Gasteiger partial charge on any atom is -0.456 e. The van der Waals surface area contributed by atoms with Crippen LogP contribution in [0.4, 0.5) is 45.5 Å². The molecule has 0 aliphatic rings. The molecule has 8 nitrogen and oxygen atoms in total. The predicted octanol–water partition coefficient (Wildman–Crippen LogP) is 32.7. The van der Waals surface area contributed by atoms with Crippen molar-refractivity contribution in [3.8, 4) is 0 Å². The number of furan rings is 5. The molecule has 22 aromatic rings. The number of para-hydroxylation sites is 6. The number of benzene rings is 17. The molecule has 0 radical (unpaired) electrons. The maximum absolute atomic E-state index is 7.27. The molecule has 5 heterocycles. The van der Waals surface area contributed by atoms with Gasteiger partial charge in [-0.25, -0.2) is 0 Å². The lowest BCUT2D eigenvalue weighted by atomic mass is 9.96. The highest BCUT2D eigenvalue weighted by Gasteiger charge is 2.29. The van der Waals surface area contributed by atoms with Gasteiger partial charge in [0.1, 0.15) is 39.1 Å². The zero-order valence-electron chi connectivity index (χ0n) is 63.0. The van der Waals surface area contributed by atoms with E-state index in [4.69, 9.17) is 22.1 Å². The number of nitrogens with one attached hydrogen (secondary N) is 1. The Labute approximate surface area is 668 Å². The van der Waals surface area contributed by atoms with Crippen LogP contribution in [0.15, 0.2) is 353 Å². The minimum absolute atomic E-state index is 0.399. The summed E-state index contributed by atoms with van der Waals surface area (Å²) in [6.07, 6.45) is 0. The third-order valence-electron chi connectivity index (χ3n) is 22.5. The lowest BCUT2D eigenvalue weighted by molar-refractivity contribution is 0.667. The van der Waals surface area contributed by atoms with Gasteiger partial charge in [0.25, 0.3) is 0 Å². The number of fused-ring (bicyclic) bond motifs is 23. The Hall–Kier alpha value is -12.9. The summed E-state index contributed by atoms with van der Waals surface area (Å²) in [5.41, 5.74) is 20.6. The van der Waals surface area contributed by atoms with Gasteiger partial charge >= 0.3 is 0 Å². The van der Waals surface area contributed by atoms with Gasteiger partial charge in [-0.15, -0.1) is 0 Å². The van der Waals surface area contributed by atoms with E-state index in [9.17, 15) is 0 Å². The van der Waals surface area contributed by atoms with E-state index in [1.807, 2.05) is 42.5 Å². The van der Waals surface area contributed by atoms with Crippen molar-refractivity contribution in [1.29, 1.82) is 0 Å². The van der Waals surface area contributed by atoms with E-state index in [-0.39, 0.29) is 0 Å². The van der Waals surface area contributed by atoms with E-state index in [0.717, 1.165) is 175 Å². The Balaban J connectivity index is 0.000000145. The quantitative estimate of drug-likeness (QED) is 0.137. The average molecular weight is 1590 g/mol. The van der Waals surface area contributed by atoms with E-state index in [1.54, 1.807) is 0 Å². The van der Waals surface area contributed by atoms with Crippen molar-refractivity contribution in [2.45, 2.75) is 59.3 Å². The summed E-state index contributed by atoms with van der Waals surface area (Å²) >= 11 is 7.34. The van der Waals surface area contributed by atoms with Crippen LogP contribution in [0.2, 0.25) is 0 Å². The second-order valence-electron chi connectivity index (χ2n) is 30.2. The Kier molecular flexibility index (Phi) is 17.3. The largest absolute Gasteiger partial charge is 0.456 e. The van der Waals surface area contributed by atoms with Crippen LogP contribution in [0.1, 0.15) is 76.0 Å². The summed E-state index contributed by atoms with van der Waals surface area (Å²) in [5, 5.41) is 23.9. The monoisotopic (exact) mass is 1590 g/mol. The third-order valence-corrected chi connectivity index (χ3v) is 23.8. The molecule has 0 saturated carbocycles. The fraction of sp³-hybridized carbons (Fsp3) is 0.0874. The standard InChI is InChI=1S/C62H46N2O3.C21H19NO.C20H10Br2O/c1-37(2)39-27-31-41(32-28-39)63(51-23-13-21-49-45-17-9-11-25-55(45)66-61(49)51)53-35-57-59(47-19-7-5-15-43(47)53)60-48-20-8-6-16-44(48)54(36-58(60)65-57)64(42-33-29-40(30-34-42)38(3)4)52-24-14-22-50-46-18-10-12-26-56(46)67-62(50)52;1-14(2)15-10-12-16(13-11-15)22-19-8-5-7-18-17-6-3-4-9-20(17)23-21(18)19;21-15-9-17-19(13-7-3-1-5-11(13)15)20-14-8-4-2-6-12(14)16(22)10-18(20)23-17/h5-38H,1-4H3;3-14,22H,1-2H3;1-10H. The lowest BCUT2D eigenvalue weighted by Gasteiger charge is -2.27. The highest BCUT2D eigenvalue weighted by Crippen LogP contribution is 2.53. The summed E-state index contributed by atoms with van der Waals surface area (Å²) in [4.78, 5) is 4.70. The molecule has 0 saturated heterocycles. The Bertz CT molecular complexity index is 7130. The average Bonchev–Trinajstić information content (AvgIpc) is 1.58. The summed E-state index contributed by atoms with van der Waals surface area (Å²) in [5.74, 6) is 1.34. The van der Waals surface area contributed by atoms with Crippen LogP contribution in [-0.4, -0.2) is 0 Å². The molecular formula is C103H75Br2N3O5. The highest BCUT2D eigenvalue weighted by molar-refractivity contribution is 9.11. The summed E-state index contributed by atoms with van der Waals surface area (Å²) in [6.45, 7) is 13.4. The minimum atomic E-state index is 0.399. The van der Waals surface area contributed by atoms with Crippen molar-refractivity contribution in [2.75, 3.05) is 15.1 Å². The van der Waals surface area contributed by atoms with E-state index < -0.39 is 0 Å². The van der Waals surface area contributed by atoms with Gasteiger partial charge in [0.15, 0.2) is 16.7 Å². The molecule has 0 atom stereocenters. The van der Waals surface area contributed by atoms with E-state index in [2.05, 4.69) is 368 Å². The van der Waals surface area contributed by atoms with E-state index in [1.165, 1.54) is 49.0 Å². The molecule has 0 bridgehead atoms. The van der Waals surface area contributed by atoms with Gasteiger partial charge in [-0.2, -0.15) is 0 Å². The van der Waals surface area contributed by atoms with Crippen molar-refractivity contribution in [3.63, 3.8) is 0 Å². The number of hydrogen-bond acceptors (Lipinski definition) is 8. The van der Waals surface area contributed by atoms with Gasteiger partial charge in [0.05, 0.1) is 28.4 Å². The first-order valence-electron chi connectivity index (χ1n) is 38.6. The number of nitrogens with zero attached hydrogens (tertiary/aromatic N) is 2. The maximum atomic E-state index is 7.27. The summed E-state index contributed by atoms with van der Waals surface area (Å²) in [6, 6.07) is 113.